The SMILES string of the molecule is CCCCCN1C2=C(Sc3ccccc31)C(=O)CCC2. The monoisotopic (exact) mass is 287 g/mol. The molecular weight excluding hydrogens is 266 g/mol. The molecule has 0 unspecified atom stereocenters. The van der Waals surface area contributed by atoms with Gasteiger partial charge in [0, 0.05) is 23.6 Å². The third kappa shape index (κ3) is 2.51. The van der Waals surface area contributed by atoms with Crippen molar-refractivity contribution in [2.45, 2.75) is 50.3 Å². The zero-order valence-corrected chi connectivity index (χ0v) is 12.8. The Balaban J connectivity index is 1.95. The first-order valence-corrected chi connectivity index (χ1v) is 8.43. The number of unbranched alkanes of at least 4 members (excludes halogenated alkanes) is 2. The largest absolute Gasteiger partial charge is 0.343 e. The van der Waals surface area contributed by atoms with Crippen LogP contribution >= 0.6 is 11.8 Å². The Bertz CT molecular complexity index is 550. The van der Waals surface area contributed by atoms with E-state index in [2.05, 4.69) is 36.1 Å². The smallest absolute Gasteiger partial charge is 0.171 e. The molecule has 0 aromatic heterocycles. The molecule has 0 spiro atoms. The van der Waals surface area contributed by atoms with Crippen molar-refractivity contribution in [3.63, 3.8) is 0 Å². The predicted molar refractivity (Wildman–Crippen MR) is 85.1 cm³/mol. The lowest BCUT2D eigenvalue weighted by Gasteiger charge is -2.36. The number of carbonyl (C=O) groups excluding carboxylic acids is 1. The molecule has 1 aromatic carbocycles. The van der Waals surface area contributed by atoms with E-state index < -0.39 is 0 Å². The summed E-state index contributed by atoms with van der Waals surface area (Å²) in [5, 5.41) is 0. The minimum Gasteiger partial charge on any atom is -0.343 e. The van der Waals surface area contributed by atoms with E-state index in [9.17, 15) is 4.79 Å². The number of thioether (sulfide) groups is 1. The van der Waals surface area contributed by atoms with Gasteiger partial charge >= 0.3 is 0 Å². The van der Waals surface area contributed by atoms with Gasteiger partial charge in [0.05, 0.1) is 10.6 Å². The second-order valence-corrected chi connectivity index (χ2v) is 6.53. The van der Waals surface area contributed by atoms with Crippen LogP contribution in [0, 0.1) is 0 Å². The van der Waals surface area contributed by atoms with Gasteiger partial charge in [0.15, 0.2) is 5.78 Å². The second-order valence-electron chi connectivity index (χ2n) is 5.48. The number of anilines is 1. The topological polar surface area (TPSA) is 20.3 Å². The second kappa shape index (κ2) is 6.04. The minimum absolute atomic E-state index is 0.339. The number of hydrogen-bond donors (Lipinski definition) is 0. The average molecular weight is 287 g/mol. The Morgan fingerprint density at radius 3 is 2.90 bits per heavy atom. The molecular formula is C17H21NOS. The molecule has 1 heterocycles. The maximum atomic E-state index is 12.2. The lowest BCUT2D eigenvalue weighted by atomic mass is 10.0. The number of fused-ring (bicyclic) bond motifs is 1. The van der Waals surface area contributed by atoms with Crippen LogP contribution in [0.15, 0.2) is 39.8 Å². The van der Waals surface area contributed by atoms with Gasteiger partial charge in [0.1, 0.15) is 0 Å². The van der Waals surface area contributed by atoms with Crippen LogP contribution in [0.1, 0.15) is 45.4 Å². The summed E-state index contributed by atoms with van der Waals surface area (Å²) < 4.78 is 0. The van der Waals surface area contributed by atoms with E-state index in [4.69, 9.17) is 0 Å². The van der Waals surface area contributed by atoms with Gasteiger partial charge in [-0.3, -0.25) is 4.79 Å². The van der Waals surface area contributed by atoms with Crippen LogP contribution in [0.5, 0.6) is 0 Å². The molecule has 0 saturated carbocycles. The molecule has 0 atom stereocenters. The number of benzene rings is 1. The summed E-state index contributed by atoms with van der Waals surface area (Å²) in [5.74, 6) is 0.339. The minimum atomic E-state index is 0.339. The van der Waals surface area contributed by atoms with Gasteiger partial charge in [-0.2, -0.15) is 0 Å². The molecule has 20 heavy (non-hydrogen) atoms. The Morgan fingerprint density at radius 2 is 2.05 bits per heavy atom. The quantitative estimate of drug-likeness (QED) is 0.745. The van der Waals surface area contributed by atoms with Gasteiger partial charge in [0.2, 0.25) is 0 Å². The third-order valence-corrected chi connectivity index (χ3v) is 5.24. The highest BCUT2D eigenvalue weighted by Gasteiger charge is 2.31. The molecule has 1 aliphatic carbocycles. The molecule has 0 N–H and O–H groups in total. The van der Waals surface area contributed by atoms with Crippen LogP contribution in [-0.2, 0) is 4.79 Å². The Kier molecular flexibility index (Phi) is 4.16. The molecule has 0 bridgehead atoms. The Morgan fingerprint density at radius 1 is 1.20 bits per heavy atom. The summed E-state index contributed by atoms with van der Waals surface area (Å²) in [7, 11) is 0. The number of carbonyl (C=O) groups is 1. The summed E-state index contributed by atoms with van der Waals surface area (Å²) in [5.41, 5.74) is 2.57. The van der Waals surface area contributed by atoms with Crippen molar-refractivity contribution in [1.29, 1.82) is 0 Å². The van der Waals surface area contributed by atoms with E-state index in [0.29, 0.717) is 5.78 Å². The van der Waals surface area contributed by atoms with Gasteiger partial charge in [-0.05, 0) is 31.4 Å². The van der Waals surface area contributed by atoms with Gasteiger partial charge in [-0.15, -0.1) is 0 Å². The van der Waals surface area contributed by atoms with Crippen LogP contribution in [0.25, 0.3) is 0 Å². The number of rotatable bonds is 4. The highest BCUT2D eigenvalue weighted by Crippen LogP contribution is 2.47. The highest BCUT2D eigenvalue weighted by atomic mass is 32.2. The van der Waals surface area contributed by atoms with Crippen molar-refractivity contribution in [2.24, 2.45) is 0 Å². The molecule has 0 amide bonds. The van der Waals surface area contributed by atoms with Gasteiger partial charge in [-0.1, -0.05) is 43.7 Å². The van der Waals surface area contributed by atoms with Crippen LogP contribution < -0.4 is 4.90 Å². The van der Waals surface area contributed by atoms with Crippen molar-refractivity contribution in [1.82, 2.24) is 0 Å². The van der Waals surface area contributed by atoms with Crippen molar-refractivity contribution in [2.75, 3.05) is 11.4 Å². The number of hydrogen-bond acceptors (Lipinski definition) is 3. The van der Waals surface area contributed by atoms with Crippen molar-refractivity contribution >= 4 is 23.2 Å². The number of nitrogens with zero attached hydrogens (tertiary/aromatic N) is 1. The lowest BCUT2D eigenvalue weighted by Crippen LogP contribution is -2.31. The molecule has 0 saturated heterocycles. The van der Waals surface area contributed by atoms with E-state index in [1.165, 1.54) is 35.5 Å². The van der Waals surface area contributed by atoms with Crippen LogP contribution in [0.2, 0.25) is 0 Å². The summed E-state index contributed by atoms with van der Waals surface area (Å²) in [6.07, 6.45) is 6.45. The van der Waals surface area contributed by atoms with E-state index in [0.717, 1.165) is 30.7 Å². The average Bonchev–Trinajstić information content (AvgIpc) is 2.48. The number of ketones is 1. The standard InChI is InChI=1S/C17H21NOS/c1-2-3-6-12-18-13-8-4-5-11-16(13)20-17-14(18)9-7-10-15(17)19/h4-5,8,11H,2-3,6-7,9-10,12H2,1H3. The van der Waals surface area contributed by atoms with Crippen molar-refractivity contribution < 1.29 is 4.79 Å². The number of Topliss-reactive ketones (excluding diaryl/α,β-unsaturated/α-hetero) is 1. The fourth-order valence-electron chi connectivity index (χ4n) is 2.97. The molecule has 106 valence electrons. The van der Waals surface area contributed by atoms with Crippen molar-refractivity contribution in [3.05, 3.63) is 34.9 Å². The summed E-state index contributed by atoms with van der Waals surface area (Å²) >= 11 is 1.68. The first kappa shape index (κ1) is 13.7. The summed E-state index contributed by atoms with van der Waals surface area (Å²) in [6.45, 7) is 3.27. The maximum Gasteiger partial charge on any atom is 0.171 e. The molecule has 2 aliphatic rings. The van der Waals surface area contributed by atoms with Crippen LogP contribution in [-0.4, -0.2) is 12.3 Å². The van der Waals surface area contributed by atoms with Crippen molar-refractivity contribution in [3.8, 4) is 0 Å². The van der Waals surface area contributed by atoms with E-state index >= 15 is 0 Å². The number of para-hydroxylation sites is 1. The van der Waals surface area contributed by atoms with E-state index in [1.54, 1.807) is 11.8 Å². The lowest BCUT2D eigenvalue weighted by molar-refractivity contribution is -0.115. The summed E-state index contributed by atoms with van der Waals surface area (Å²) in [4.78, 5) is 16.9. The van der Waals surface area contributed by atoms with Gasteiger partial charge < -0.3 is 4.90 Å². The molecule has 3 rings (SSSR count). The molecule has 2 nitrogen and oxygen atoms in total. The van der Waals surface area contributed by atoms with E-state index in [-0.39, 0.29) is 0 Å². The Hall–Kier alpha value is -1.22. The number of allylic oxidation sites excluding steroid dienone is 2. The molecule has 3 heteroatoms. The highest BCUT2D eigenvalue weighted by molar-refractivity contribution is 8.04. The summed E-state index contributed by atoms with van der Waals surface area (Å²) in [6, 6.07) is 8.49. The zero-order chi connectivity index (χ0) is 13.9. The first-order valence-electron chi connectivity index (χ1n) is 7.62. The van der Waals surface area contributed by atoms with Gasteiger partial charge in [-0.25, -0.2) is 0 Å². The maximum absolute atomic E-state index is 12.2. The zero-order valence-electron chi connectivity index (χ0n) is 12.0. The molecule has 0 radical (unpaired) electrons. The van der Waals surface area contributed by atoms with Crippen LogP contribution in [0.4, 0.5) is 5.69 Å². The first-order chi connectivity index (χ1) is 9.81. The van der Waals surface area contributed by atoms with Crippen LogP contribution in [0.3, 0.4) is 0 Å². The Labute approximate surface area is 125 Å². The van der Waals surface area contributed by atoms with Gasteiger partial charge in [0.25, 0.3) is 0 Å². The third-order valence-electron chi connectivity index (χ3n) is 4.01. The molecule has 1 aliphatic heterocycles. The van der Waals surface area contributed by atoms with E-state index in [1.807, 2.05) is 0 Å². The normalized spacial score (nSPS) is 18.1. The predicted octanol–water partition coefficient (Wildman–Crippen LogP) is 4.75. The fourth-order valence-corrected chi connectivity index (χ4v) is 4.17. The fraction of sp³-hybridized carbons (Fsp3) is 0.471. The molecule has 0 fully saturated rings. The molecule has 1 aromatic rings.